The van der Waals surface area contributed by atoms with Gasteiger partial charge in [-0.3, -0.25) is 9.59 Å². The number of amides is 1. The van der Waals surface area contributed by atoms with E-state index >= 15 is 0 Å². The van der Waals surface area contributed by atoms with Gasteiger partial charge in [-0.05, 0) is 32.0 Å². The molecule has 3 aromatic rings. The predicted molar refractivity (Wildman–Crippen MR) is 108 cm³/mol. The molecule has 2 aromatic heterocycles. The zero-order valence-electron chi connectivity index (χ0n) is 16.5. The van der Waals surface area contributed by atoms with E-state index in [4.69, 9.17) is 4.74 Å². The normalized spacial score (nSPS) is 10.4. The van der Waals surface area contributed by atoms with Gasteiger partial charge in [0.2, 0.25) is 5.95 Å². The number of nitrogens with zero attached hydrogens (tertiary/aromatic N) is 5. The minimum atomic E-state index is -0.552. The number of nitrogens with one attached hydrogen (secondary N) is 1. The molecule has 0 radical (unpaired) electrons. The number of carbonyl (C=O) groups is 2. The second-order valence-electron chi connectivity index (χ2n) is 6.41. The number of ether oxygens (including phenoxy) is 1. The summed E-state index contributed by atoms with van der Waals surface area (Å²) in [7, 11) is 1.67. The van der Waals surface area contributed by atoms with E-state index in [1.807, 2.05) is 44.2 Å². The highest BCUT2D eigenvalue weighted by atomic mass is 16.5. The van der Waals surface area contributed by atoms with Gasteiger partial charge in [0.15, 0.2) is 6.61 Å². The number of carbonyl (C=O) groups excluding carboxylic acids is 2. The molecule has 9 heteroatoms. The van der Waals surface area contributed by atoms with Gasteiger partial charge in [0, 0.05) is 19.4 Å². The van der Waals surface area contributed by atoms with Crippen LogP contribution < -0.4 is 10.2 Å². The van der Waals surface area contributed by atoms with Crippen molar-refractivity contribution in [1.82, 2.24) is 19.7 Å². The Labute approximate surface area is 168 Å². The van der Waals surface area contributed by atoms with E-state index in [1.54, 1.807) is 35.1 Å². The van der Waals surface area contributed by atoms with Crippen LogP contribution >= 0.6 is 0 Å². The van der Waals surface area contributed by atoms with Crippen LogP contribution in [0.3, 0.4) is 0 Å². The fraction of sp³-hybridized carbons (Fsp3) is 0.250. The molecule has 0 saturated carbocycles. The SMILES string of the molecule is Cc1nn(-c2ccccc2)c(C)c1NC(=O)COC(=O)CN(C)c1ncccn1. The summed E-state index contributed by atoms with van der Waals surface area (Å²) in [5, 5.41) is 7.25. The monoisotopic (exact) mass is 394 g/mol. The average Bonchev–Trinajstić information content (AvgIpc) is 3.02. The van der Waals surface area contributed by atoms with E-state index in [2.05, 4.69) is 20.4 Å². The molecule has 0 saturated heterocycles. The number of hydrogen-bond donors (Lipinski definition) is 1. The van der Waals surface area contributed by atoms with Crippen molar-refractivity contribution in [3.8, 4) is 5.69 Å². The van der Waals surface area contributed by atoms with E-state index in [-0.39, 0.29) is 6.54 Å². The van der Waals surface area contributed by atoms with Crippen LogP contribution in [0.1, 0.15) is 11.4 Å². The van der Waals surface area contributed by atoms with Crippen molar-refractivity contribution in [3.63, 3.8) is 0 Å². The molecule has 150 valence electrons. The van der Waals surface area contributed by atoms with Crippen molar-refractivity contribution in [2.45, 2.75) is 13.8 Å². The molecular weight excluding hydrogens is 372 g/mol. The molecule has 0 atom stereocenters. The van der Waals surface area contributed by atoms with Crippen LogP contribution in [0.4, 0.5) is 11.6 Å². The Kier molecular flexibility index (Phi) is 6.18. The predicted octanol–water partition coefficient (Wildman–Crippen LogP) is 1.90. The Morgan fingerprint density at radius 2 is 1.79 bits per heavy atom. The second kappa shape index (κ2) is 8.96. The molecule has 1 aromatic carbocycles. The molecule has 1 N–H and O–H groups in total. The summed E-state index contributed by atoms with van der Waals surface area (Å²) in [6.45, 7) is 3.21. The van der Waals surface area contributed by atoms with Crippen LogP contribution in [0.15, 0.2) is 48.8 Å². The van der Waals surface area contributed by atoms with Gasteiger partial charge < -0.3 is 15.0 Å². The molecule has 0 aliphatic heterocycles. The molecule has 1 amide bonds. The van der Waals surface area contributed by atoms with E-state index in [0.717, 1.165) is 11.4 Å². The number of aromatic nitrogens is 4. The largest absolute Gasteiger partial charge is 0.454 e. The summed E-state index contributed by atoms with van der Waals surface area (Å²) in [5.74, 6) is -0.590. The van der Waals surface area contributed by atoms with Gasteiger partial charge in [-0.1, -0.05) is 18.2 Å². The van der Waals surface area contributed by atoms with Gasteiger partial charge in [0.25, 0.3) is 5.91 Å². The van der Waals surface area contributed by atoms with Crippen molar-refractivity contribution in [2.75, 3.05) is 30.4 Å². The molecular formula is C20H22N6O3. The highest BCUT2D eigenvalue weighted by Crippen LogP contribution is 2.22. The minimum Gasteiger partial charge on any atom is -0.454 e. The fourth-order valence-corrected chi connectivity index (χ4v) is 2.76. The third-order valence-electron chi connectivity index (χ3n) is 4.18. The van der Waals surface area contributed by atoms with Gasteiger partial charge >= 0.3 is 5.97 Å². The second-order valence-corrected chi connectivity index (χ2v) is 6.41. The van der Waals surface area contributed by atoms with Crippen molar-refractivity contribution < 1.29 is 14.3 Å². The summed E-state index contributed by atoms with van der Waals surface area (Å²) >= 11 is 0. The Balaban J connectivity index is 1.56. The highest BCUT2D eigenvalue weighted by molar-refractivity contribution is 5.94. The third kappa shape index (κ3) is 4.95. The third-order valence-corrected chi connectivity index (χ3v) is 4.18. The van der Waals surface area contributed by atoms with Crippen molar-refractivity contribution in [2.24, 2.45) is 0 Å². The Morgan fingerprint density at radius 1 is 1.10 bits per heavy atom. The first kappa shape index (κ1) is 20.0. The molecule has 0 aliphatic carbocycles. The molecule has 29 heavy (non-hydrogen) atoms. The molecule has 9 nitrogen and oxygen atoms in total. The van der Waals surface area contributed by atoms with E-state index in [0.29, 0.717) is 17.3 Å². The molecule has 3 rings (SSSR count). The molecule has 2 heterocycles. The summed E-state index contributed by atoms with van der Waals surface area (Å²) in [6, 6.07) is 11.3. The average molecular weight is 394 g/mol. The lowest BCUT2D eigenvalue weighted by molar-refractivity contribution is -0.145. The van der Waals surface area contributed by atoms with Crippen LogP contribution in [0.25, 0.3) is 5.69 Å². The number of esters is 1. The summed E-state index contributed by atoms with van der Waals surface area (Å²) in [4.78, 5) is 33.9. The number of benzene rings is 1. The molecule has 0 fully saturated rings. The Hall–Kier alpha value is -3.75. The standard InChI is InChI=1S/C20H22N6O3/c1-14-19(15(2)26(24-14)16-8-5-4-6-9-16)23-17(27)13-29-18(28)12-25(3)20-21-10-7-11-22-20/h4-11H,12-13H2,1-3H3,(H,23,27). The molecule has 0 bridgehead atoms. The van der Waals surface area contributed by atoms with Crippen molar-refractivity contribution >= 4 is 23.5 Å². The van der Waals surface area contributed by atoms with Crippen LogP contribution in [0.2, 0.25) is 0 Å². The van der Waals surface area contributed by atoms with Crippen LogP contribution in [-0.4, -0.2) is 51.8 Å². The fourth-order valence-electron chi connectivity index (χ4n) is 2.76. The van der Waals surface area contributed by atoms with E-state index < -0.39 is 18.5 Å². The number of para-hydroxylation sites is 1. The lowest BCUT2D eigenvalue weighted by atomic mass is 10.3. The minimum absolute atomic E-state index is 0.0682. The molecule has 0 spiro atoms. The molecule has 0 aliphatic rings. The maximum atomic E-state index is 12.3. The molecule has 0 unspecified atom stereocenters. The number of rotatable bonds is 7. The number of hydrogen-bond acceptors (Lipinski definition) is 7. The van der Waals surface area contributed by atoms with Gasteiger partial charge in [-0.15, -0.1) is 0 Å². The van der Waals surface area contributed by atoms with Gasteiger partial charge in [-0.2, -0.15) is 5.10 Å². The number of likely N-dealkylation sites (N-methyl/N-ethyl adjacent to an activating group) is 1. The zero-order chi connectivity index (χ0) is 20.8. The van der Waals surface area contributed by atoms with E-state index in [1.165, 1.54) is 0 Å². The van der Waals surface area contributed by atoms with Crippen molar-refractivity contribution in [3.05, 3.63) is 60.2 Å². The summed E-state index contributed by atoms with van der Waals surface area (Å²) in [5.41, 5.74) is 2.96. The summed E-state index contributed by atoms with van der Waals surface area (Å²) in [6.07, 6.45) is 3.16. The van der Waals surface area contributed by atoms with Gasteiger partial charge in [-0.25, -0.2) is 14.6 Å². The lowest BCUT2D eigenvalue weighted by Crippen LogP contribution is -2.30. The van der Waals surface area contributed by atoms with E-state index in [9.17, 15) is 9.59 Å². The quantitative estimate of drug-likeness (QED) is 0.611. The Morgan fingerprint density at radius 3 is 2.48 bits per heavy atom. The van der Waals surface area contributed by atoms with Gasteiger partial charge in [0.1, 0.15) is 6.54 Å². The highest BCUT2D eigenvalue weighted by Gasteiger charge is 2.17. The maximum absolute atomic E-state index is 12.3. The first-order valence-electron chi connectivity index (χ1n) is 9.01. The van der Waals surface area contributed by atoms with Gasteiger partial charge in [0.05, 0.1) is 22.8 Å². The zero-order valence-corrected chi connectivity index (χ0v) is 16.5. The summed E-state index contributed by atoms with van der Waals surface area (Å²) < 4.78 is 6.82. The maximum Gasteiger partial charge on any atom is 0.326 e. The number of anilines is 2. The van der Waals surface area contributed by atoms with Crippen molar-refractivity contribution in [1.29, 1.82) is 0 Å². The van der Waals surface area contributed by atoms with Crippen LogP contribution in [0, 0.1) is 13.8 Å². The topological polar surface area (TPSA) is 102 Å². The lowest BCUT2D eigenvalue weighted by Gasteiger charge is -2.15. The Bertz CT molecular complexity index is 988. The van der Waals surface area contributed by atoms with Crippen LogP contribution in [0.5, 0.6) is 0 Å². The first-order chi connectivity index (χ1) is 14.0. The number of aryl methyl sites for hydroxylation is 1. The first-order valence-corrected chi connectivity index (χ1v) is 9.01. The smallest absolute Gasteiger partial charge is 0.326 e. The van der Waals surface area contributed by atoms with Crippen LogP contribution in [-0.2, 0) is 14.3 Å².